The first-order chi connectivity index (χ1) is 6.77. The Morgan fingerprint density at radius 3 is 2.86 bits per heavy atom. The zero-order valence-electron chi connectivity index (χ0n) is 8.18. The minimum atomic E-state index is 0.511. The van der Waals surface area contributed by atoms with Crippen LogP contribution in [0.5, 0.6) is 0 Å². The lowest BCUT2D eigenvalue weighted by atomic mass is 10.3. The van der Waals surface area contributed by atoms with Crippen molar-refractivity contribution in [3.63, 3.8) is 0 Å². The molecule has 1 saturated heterocycles. The van der Waals surface area contributed by atoms with Crippen LogP contribution in [0.1, 0.15) is 6.92 Å². The molecule has 1 atom stereocenters. The number of hydrogen-bond acceptors (Lipinski definition) is 5. The van der Waals surface area contributed by atoms with Gasteiger partial charge in [-0.2, -0.15) is 11.8 Å². The molecule has 0 radical (unpaired) electrons. The molecule has 14 heavy (non-hydrogen) atoms. The molecule has 1 fully saturated rings. The molecule has 2 rings (SSSR count). The summed E-state index contributed by atoms with van der Waals surface area (Å²) in [6.45, 7) is 3.22. The van der Waals surface area contributed by atoms with E-state index in [9.17, 15) is 0 Å². The highest BCUT2D eigenvalue weighted by molar-refractivity contribution is 7.99. The van der Waals surface area contributed by atoms with Gasteiger partial charge in [0.15, 0.2) is 0 Å². The number of thioether (sulfide) groups is 1. The Balaban J connectivity index is 2.16. The highest BCUT2D eigenvalue weighted by Crippen LogP contribution is 2.20. The van der Waals surface area contributed by atoms with E-state index in [4.69, 9.17) is 5.73 Å². The van der Waals surface area contributed by atoms with E-state index in [1.165, 1.54) is 0 Å². The second-order valence-corrected chi connectivity index (χ2v) is 4.58. The summed E-state index contributed by atoms with van der Waals surface area (Å²) in [5, 5.41) is 0. The van der Waals surface area contributed by atoms with E-state index in [1.807, 2.05) is 11.8 Å². The lowest BCUT2D eigenvalue weighted by Gasteiger charge is -2.32. The molecule has 2 N–H and O–H groups in total. The van der Waals surface area contributed by atoms with Gasteiger partial charge < -0.3 is 10.6 Å². The molecule has 5 heteroatoms. The maximum Gasteiger partial charge on any atom is 0.225 e. The van der Waals surface area contributed by atoms with Gasteiger partial charge in [-0.1, -0.05) is 0 Å². The van der Waals surface area contributed by atoms with Crippen LogP contribution in [0.4, 0.5) is 11.6 Å². The van der Waals surface area contributed by atoms with Gasteiger partial charge in [-0.25, -0.2) is 9.97 Å². The predicted octanol–water partition coefficient (Wildman–Crippen LogP) is 1.00. The van der Waals surface area contributed by atoms with Gasteiger partial charge in [0, 0.05) is 24.1 Å². The van der Waals surface area contributed by atoms with Crippen LogP contribution in [-0.2, 0) is 0 Å². The Morgan fingerprint density at radius 2 is 2.21 bits per heavy atom. The van der Waals surface area contributed by atoms with Crippen molar-refractivity contribution in [1.29, 1.82) is 0 Å². The summed E-state index contributed by atoms with van der Waals surface area (Å²) in [5.41, 5.74) is 6.16. The lowest BCUT2D eigenvalue weighted by Crippen LogP contribution is -2.41. The topological polar surface area (TPSA) is 55.0 Å². The van der Waals surface area contributed by atoms with Crippen LogP contribution in [0.3, 0.4) is 0 Å². The summed E-state index contributed by atoms with van der Waals surface area (Å²) in [6.07, 6.45) is 3.33. The van der Waals surface area contributed by atoms with Crippen LogP contribution in [0, 0.1) is 0 Å². The minimum Gasteiger partial charge on any atom is -0.396 e. The molecule has 0 aromatic carbocycles. The van der Waals surface area contributed by atoms with E-state index in [0.29, 0.717) is 11.7 Å². The highest BCUT2D eigenvalue weighted by Gasteiger charge is 2.20. The number of nitrogen functional groups attached to an aromatic ring is 1. The molecule has 1 aliphatic rings. The Morgan fingerprint density at radius 1 is 1.50 bits per heavy atom. The number of nitrogens with two attached hydrogens (primary N) is 1. The molecule has 0 aliphatic carbocycles. The zero-order chi connectivity index (χ0) is 9.97. The van der Waals surface area contributed by atoms with Gasteiger partial charge in [0.1, 0.15) is 0 Å². The summed E-state index contributed by atoms with van der Waals surface area (Å²) >= 11 is 1.98. The van der Waals surface area contributed by atoms with Crippen LogP contribution in [0.2, 0.25) is 0 Å². The minimum absolute atomic E-state index is 0.511. The lowest BCUT2D eigenvalue weighted by molar-refractivity contribution is 0.678. The van der Waals surface area contributed by atoms with Crippen molar-refractivity contribution in [2.75, 3.05) is 28.7 Å². The van der Waals surface area contributed by atoms with Gasteiger partial charge in [-0.05, 0) is 6.92 Å². The summed E-state index contributed by atoms with van der Waals surface area (Å²) in [6, 6.07) is 0.511. The number of hydrogen-bond donors (Lipinski definition) is 1. The van der Waals surface area contributed by atoms with Crippen LogP contribution < -0.4 is 10.6 Å². The largest absolute Gasteiger partial charge is 0.396 e. The molecule has 0 saturated carbocycles. The van der Waals surface area contributed by atoms with Crippen LogP contribution in [-0.4, -0.2) is 34.1 Å². The van der Waals surface area contributed by atoms with E-state index < -0.39 is 0 Å². The fourth-order valence-electron chi connectivity index (χ4n) is 1.50. The molecule has 1 aromatic heterocycles. The van der Waals surface area contributed by atoms with Gasteiger partial charge in [-0.15, -0.1) is 0 Å². The average molecular weight is 210 g/mol. The fourth-order valence-corrected chi connectivity index (χ4v) is 2.52. The second kappa shape index (κ2) is 4.04. The van der Waals surface area contributed by atoms with E-state index in [2.05, 4.69) is 21.8 Å². The smallest absolute Gasteiger partial charge is 0.225 e. The quantitative estimate of drug-likeness (QED) is 0.749. The Kier molecular flexibility index (Phi) is 2.77. The average Bonchev–Trinajstić information content (AvgIpc) is 2.20. The van der Waals surface area contributed by atoms with Gasteiger partial charge in [-0.3, -0.25) is 0 Å². The zero-order valence-corrected chi connectivity index (χ0v) is 9.00. The van der Waals surface area contributed by atoms with Gasteiger partial charge in [0.25, 0.3) is 0 Å². The van der Waals surface area contributed by atoms with Gasteiger partial charge >= 0.3 is 0 Å². The first-order valence-corrected chi connectivity index (χ1v) is 5.85. The third-order valence-corrected chi connectivity index (χ3v) is 3.47. The molecule has 1 aromatic rings. The molecular formula is C9H14N4S. The maximum absolute atomic E-state index is 5.54. The summed E-state index contributed by atoms with van der Waals surface area (Å²) in [7, 11) is 0. The maximum atomic E-state index is 5.54. The van der Waals surface area contributed by atoms with Crippen molar-refractivity contribution in [2.45, 2.75) is 13.0 Å². The Hall–Kier alpha value is -0.970. The van der Waals surface area contributed by atoms with Crippen molar-refractivity contribution >= 4 is 23.4 Å². The molecule has 0 spiro atoms. The third kappa shape index (κ3) is 1.92. The van der Waals surface area contributed by atoms with E-state index in [1.54, 1.807) is 12.4 Å². The summed E-state index contributed by atoms with van der Waals surface area (Å²) in [5.74, 6) is 3.10. The van der Waals surface area contributed by atoms with E-state index in [-0.39, 0.29) is 0 Å². The molecule has 0 bridgehead atoms. The summed E-state index contributed by atoms with van der Waals surface area (Å²) < 4.78 is 0. The number of nitrogens with zero attached hydrogens (tertiary/aromatic N) is 3. The second-order valence-electron chi connectivity index (χ2n) is 3.43. The molecule has 2 heterocycles. The molecule has 76 valence electrons. The predicted molar refractivity (Wildman–Crippen MR) is 60.6 cm³/mol. The normalized spacial score (nSPS) is 22.4. The molecular weight excluding hydrogens is 196 g/mol. The van der Waals surface area contributed by atoms with Crippen molar-refractivity contribution in [1.82, 2.24) is 9.97 Å². The van der Waals surface area contributed by atoms with Crippen LogP contribution >= 0.6 is 11.8 Å². The Bertz CT molecular complexity index is 300. The van der Waals surface area contributed by atoms with Crippen molar-refractivity contribution in [2.24, 2.45) is 0 Å². The van der Waals surface area contributed by atoms with Crippen molar-refractivity contribution in [3.05, 3.63) is 12.4 Å². The first kappa shape index (κ1) is 9.58. The number of aromatic nitrogens is 2. The third-order valence-electron chi connectivity index (χ3n) is 2.28. The van der Waals surface area contributed by atoms with Crippen LogP contribution in [0.25, 0.3) is 0 Å². The van der Waals surface area contributed by atoms with Crippen molar-refractivity contribution < 1.29 is 0 Å². The SMILES string of the molecule is CC1CSCCN1c1ncc(N)cn1. The molecule has 1 aliphatic heterocycles. The highest BCUT2D eigenvalue weighted by atomic mass is 32.2. The molecule has 4 nitrogen and oxygen atoms in total. The van der Waals surface area contributed by atoms with Gasteiger partial charge in [0.05, 0.1) is 18.1 Å². The monoisotopic (exact) mass is 210 g/mol. The van der Waals surface area contributed by atoms with Gasteiger partial charge in [0.2, 0.25) is 5.95 Å². The van der Waals surface area contributed by atoms with Crippen molar-refractivity contribution in [3.8, 4) is 0 Å². The summed E-state index contributed by atoms with van der Waals surface area (Å²) in [4.78, 5) is 10.7. The Labute approximate surface area is 87.9 Å². The fraction of sp³-hybridized carbons (Fsp3) is 0.556. The number of rotatable bonds is 1. The molecule has 1 unspecified atom stereocenters. The van der Waals surface area contributed by atoms with Crippen LogP contribution in [0.15, 0.2) is 12.4 Å². The number of anilines is 2. The standard InChI is InChI=1S/C9H14N4S/c1-7-6-14-3-2-13(7)9-11-4-8(10)5-12-9/h4-5,7H,2-3,6,10H2,1H3. The first-order valence-electron chi connectivity index (χ1n) is 4.69. The van der Waals surface area contributed by atoms with E-state index >= 15 is 0 Å². The molecule has 0 amide bonds. The van der Waals surface area contributed by atoms with E-state index in [0.717, 1.165) is 24.0 Å².